The fourth-order valence-electron chi connectivity index (χ4n) is 2.18. The molecule has 0 spiro atoms. The van der Waals surface area contributed by atoms with Crippen LogP contribution >= 0.6 is 0 Å². The molecular weight excluding hydrogens is 300 g/mol. The predicted octanol–water partition coefficient (Wildman–Crippen LogP) is 3.10. The lowest BCUT2D eigenvalue weighted by Crippen LogP contribution is -2.34. The summed E-state index contributed by atoms with van der Waals surface area (Å²) in [4.78, 5) is 9.78. The standard InChI is InChI=1S/C19H24N4O/c1-19(2,3)24-22-18(12-23-14-20-13-21-23)17-10-8-16(9-11-17)7-6-15-4-5-15/h8-11,13-15,18,22H,4-5,12H2,1-3H3. The Balaban J connectivity index is 1.72. The van der Waals surface area contributed by atoms with Gasteiger partial charge in [0.2, 0.25) is 0 Å². The van der Waals surface area contributed by atoms with Crippen molar-refractivity contribution in [1.82, 2.24) is 20.2 Å². The summed E-state index contributed by atoms with van der Waals surface area (Å²) >= 11 is 0. The third-order valence-electron chi connectivity index (χ3n) is 3.65. The number of hydroxylamine groups is 1. The molecule has 1 aliphatic rings. The van der Waals surface area contributed by atoms with E-state index in [0.29, 0.717) is 12.5 Å². The normalized spacial score (nSPS) is 15.6. The fourth-order valence-corrected chi connectivity index (χ4v) is 2.18. The van der Waals surface area contributed by atoms with Crippen LogP contribution in [0.3, 0.4) is 0 Å². The van der Waals surface area contributed by atoms with Gasteiger partial charge in [0.05, 0.1) is 18.2 Å². The minimum atomic E-state index is -0.268. The number of nitrogens with zero attached hydrogens (tertiary/aromatic N) is 3. The molecule has 3 rings (SSSR count). The average molecular weight is 324 g/mol. The minimum Gasteiger partial charge on any atom is -0.295 e. The average Bonchev–Trinajstić information content (AvgIpc) is 3.24. The first-order chi connectivity index (χ1) is 11.5. The number of hydrogen-bond donors (Lipinski definition) is 1. The summed E-state index contributed by atoms with van der Waals surface area (Å²) in [5.41, 5.74) is 5.09. The predicted molar refractivity (Wildman–Crippen MR) is 92.8 cm³/mol. The summed E-state index contributed by atoms with van der Waals surface area (Å²) in [6, 6.07) is 8.31. The van der Waals surface area contributed by atoms with E-state index in [-0.39, 0.29) is 11.6 Å². The van der Waals surface area contributed by atoms with Crippen LogP contribution in [-0.4, -0.2) is 20.4 Å². The van der Waals surface area contributed by atoms with Crippen LogP contribution in [0.15, 0.2) is 36.9 Å². The van der Waals surface area contributed by atoms with E-state index in [2.05, 4.69) is 51.7 Å². The number of hydrogen-bond acceptors (Lipinski definition) is 4. The Bertz CT molecular complexity index is 701. The van der Waals surface area contributed by atoms with Crippen LogP contribution in [0.2, 0.25) is 0 Å². The zero-order valence-electron chi connectivity index (χ0n) is 14.5. The Morgan fingerprint density at radius 3 is 2.62 bits per heavy atom. The van der Waals surface area contributed by atoms with Crippen molar-refractivity contribution >= 4 is 0 Å². The van der Waals surface area contributed by atoms with Crippen molar-refractivity contribution in [2.45, 2.75) is 51.8 Å². The molecule has 2 aromatic rings. The number of benzene rings is 1. The number of aromatic nitrogens is 3. The van der Waals surface area contributed by atoms with Gasteiger partial charge in [0.25, 0.3) is 0 Å². The van der Waals surface area contributed by atoms with Crippen LogP contribution in [0.1, 0.15) is 50.8 Å². The van der Waals surface area contributed by atoms with Crippen LogP contribution in [0.4, 0.5) is 0 Å². The Morgan fingerprint density at radius 1 is 1.29 bits per heavy atom. The van der Waals surface area contributed by atoms with Crippen molar-refractivity contribution in [2.24, 2.45) is 5.92 Å². The smallest absolute Gasteiger partial charge is 0.137 e. The lowest BCUT2D eigenvalue weighted by atomic mass is 10.1. The molecule has 1 N–H and O–H groups in total. The van der Waals surface area contributed by atoms with Crippen LogP contribution in [-0.2, 0) is 11.4 Å². The molecule has 1 unspecified atom stereocenters. The second-order valence-corrected chi connectivity index (χ2v) is 7.17. The second-order valence-electron chi connectivity index (χ2n) is 7.17. The molecule has 1 aromatic heterocycles. The van der Waals surface area contributed by atoms with E-state index in [1.165, 1.54) is 19.2 Å². The number of nitrogens with one attached hydrogen (secondary N) is 1. The van der Waals surface area contributed by atoms with Crippen molar-refractivity contribution in [3.05, 3.63) is 48.0 Å². The largest absolute Gasteiger partial charge is 0.295 e. The van der Waals surface area contributed by atoms with Crippen LogP contribution in [0.5, 0.6) is 0 Å². The van der Waals surface area contributed by atoms with Gasteiger partial charge in [0, 0.05) is 11.5 Å². The van der Waals surface area contributed by atoms with Crippen molar-refractivity contribution < 1.29 is 4.84 Å². The summed E-state index contributed by atoms with van der Waals surface area (Å²) in [6.07, 6.45) is 5.75. The van der Waals surface area contributed by atoms with E-state index >= 15 is 0 Å². The highest BCUT2D eigenvalue weighted by Gasteiger charge is 2.19. The highest BCUT2D eigenvalue weighted by atomic mass is 16.7. The summed E-state index contributed by atoms with van der Waals surface area (Å²) in [6.45, 7) is 6.69. The highest BCUT2D eigenvalue weighted by Crippen LogP contribution is 2.27. The Morgan fingerprint density at radius 2 is 2.04 bits per heavy atom. The Kier molecular flexibility index (Phi) is 4.98. The molecule has 1 heterocycles. The van der Waals surface area contributed by atoms with Gasteiger partial charge in [-0.25, -0.2) is 4.98 Å². The quantitative estimate of drug-likeness (QED) is 0.678. The third-order valence-corrected chi connectivity index (χ3v) is 3.65. The Labute approximate surface area is 143 Å². The SMILES string of the molecule is CC(C)(C)ONC(Cn1cncn1)c1ccc(C#CC2CC2)cc1. The first kappa shape index (κ1) is 16.7. The van der Waals surface area contributed by atoms with Gasteiger partial charge in [0.15, 0.2) is 0 Å². The third kappa shape index (κ3) is 5.19. The van der Waals surface area contributed by atoms with Crippen molar-refractivity contribution in [1.29, 1.82) is 0 Å². The van der Waals surface area contributed by atoms with Crippen LogP contribution in [0, 0.1) is 17.8 Å². The summed E-state index contributed by atoms with van der Waals surface area (Å²) in [5, 5.41) is 4.19. The molecule has 0 saturated heterocycles. The van der Waals surface area contributed by atoms with Crippen molar-refractivity contribution in [3.63, 3.8) is 0 Å². The van der Waals surface area contributed by atoms with Gasteiger partial charge in [-0.15, -0.1) is 0 Å². The molecule has 1 aromatic carbocycles. The van der Waals surface area contributed by atoms with E-state index in [1.54, 1.807) is 11.0 Å². The van der Waals surface area contributed by atoms with E-state index < -0.39 is 0 Å². The van der Waals surface area contributed by atoms with Crippen molar-refractivity contribution in [2.75, 3.05) is 0 Å². The summed E-state index contributed by atoms with van der Waals surface area (Å²) in [5.74, 6) is 7.15. The van der Waals surface area contributed by atoms with Gasteiger partial charge >= 0.3 is 0 Å². The zero-order valence-corrected chi connectivity index (χ0v) is 14.5. The second kappa shape index (κ2) is 7.16. The molecule has 5 nitrogen and oxygen atoms in total. The van der Waals surface area contributed by atoms with E-state index in [0.717, 1.165) is 11.1 Å². The first-order valence-electron chi connectivity index (χ1n) is 8.37. The van der Waals surface area contributed by atoms with E-state index in [1.807, 2.05) is 20.8 Å². The maximum absolute atomic E-state index is 5.77. The first-order valence-corrected chi connectivity index (χ1v) is 8.37. The monoisotopic (exact) mass is 324 g/mol. The molecule has 1 saturated carbocycles. The minimum absolute atomic E-state index is 0.0173. The zero-order chi connectivity index (χ0) is 17.0. The van der Waals surface area contributed by atoms with Gasteiger partial charge in [-0.2, -0.15) is 10.6 Å². The molecule has 1 fully saturated rings. The van der Waals surface area contributed by atoms with Crippen LogP contribution < -0.4 is 5.48 Å². The molecule has 1 atom stereocenters. The van der Waals surface area contributed by atoms with Crippen LogP contribution in [0.25, 0.3) is 0 Å². The van der Waals surface area contributed by atoms with E-state index in [4.69, 9.17) is 4.84 Å². The molecule has 0 bridgehead atoms. The molecule has 0 radical (unpaired) electrons. The molecule has 126 valence electrons. The Hall–Kier alpha value is -2.16. The lowest BCUT2D eigenvalue weighted by molar-refractivity contribution is -0.0916. The molecule has 0 aliphatic heterocycles. The van der Waals surface area contributed by atoms with Gasteiger partial charge in [-0.05, 0) is 51.3 Å². The van der Waals surface area contributed by atoms with Gasteiger partial charge in [0.1, 0.15) is 12.7 Å². The molecule has 24 heavy (non-hydrogen) atoms. The molecule has 5 heteroatoms. The molecule has 1 aliphatic carbocycles. The maximum Gasteiger partial charge on any atom is 0.137 e. The lowest BCUT2D eigenvalue weighted by Gasteiger charge is -2.25. The highest BCUT2D eigenvalue weighted by molar-refractivity contribution is 5.37. The van der Waals surface area contributed by atoms with Crippen molar-refractivity contribution in [3.8, 4) is 11.8 Å². The van der Waals surface area contributed by atoms with Gasteiger partial charge in [-0.3, -0.25) is 9.52 Å². The molecule has 0 amide bonds. The fraction of sp³-hybridized carbons (Fsp3) is 0.474. The summed E-state index contributed by atoms with van der Waals surface area (Å²) in [7, 11) is 0. The number of rotatable bonds is 5. The van der Waals surface area contributed by atoms with E-state index in [9.17, 15) is 0 Å². The summed E-state index contributed by atoms with van der Waals surface area (Å²) < 4.78 is 1.80. The van der Waals surface area contributed by atoms with Gasteiger partial charge < -0.3 is 0 Å². The maximum atomic E-state index is 5.77. The van der Waals surface area contributed by atoms with Gasteiger partial charge in [-0.1, -0.05) is 24.0 Å². The molecular formula is C19H24N4O. The topological polar surface area (TPSA) is 52.0 Å².